The van der Waals surface area contributed by atoms with Crippen molar-refractivity contribution in [2.45, 2.75) is 81.6 Å². The van der Waals surface area contributed by atoms with E-state index in [9.17, 15) is 15.0 Å². The van der Waals surface area contributed by atoms with Crippen molar-refractivity contribution in [1.82, 2.24) is 9.80 Å². The zero-order valence-corrected chi connectivity index (χ0v) is 16.0. The van der Waals surface area contributed by atoms with Crippen LogP contribution in [0.2, 0.25) is 0 Å². The molecule has 2 atom stereocenters. The number of aliphatic hydroxyl groups excluding tert-OH is 1. The Bertz CT molecular complexity index is 518. The number of carbonyl (C=O) groups excluding carboxylic acids is 1. The second-order valence-electron chi connectivity index (χ2n) is 9.14. The molecule has 148 valence electrons. The maximum atomic E-state index is 12.4. The highest BCUT2D eigenvalue weighted by atomic mass is 16.5. The molecule has 6 heteroatoms. The predicted molar refractivity (Wildman–Crippen MR) is 97.7 cm³/mol. The molecular formula is C20H34N2O4. The van der Waals surface area contributed by atoms with E-state index in [4.69, 9.17) is 4.74 Å². The Balaban J connectivity index is 1.28. The van der Waals surface area contributed by atoms with E-state index < -0.39 is 17.3 Å². The van der Waals surface area contributed by atoms with Crippen molar-refractivity contribution in [3.05, 3.63) is 0 Å². The van der Waals surface area contributed by atoms with Gasteiger partial charge < -0.3 is 24.7 Å². The lowest BCUT2D eigenvalue weighted by Crippen LogP contribution is -2.65. The molecule has 0 bridgehead atoms. The summed E-state index contributed by atoms with van der Waals surface area (Å²) in [6.07, 6.45) is 6.69. The molecule has 1 aliphatic carbocycles. The number of hydrogen-bond acceptors (Lipinski definition) is 5. The van der Waals surface area contributed by atoms with Gasteiger partial charge in [0.15, 0.2) is 0 Å². The molecule has 3 saturated heterocycles. The number of carbonyl (C=O) groups is 1. The summed E-state index contributed by atoms with van der Waals surface area (Å²) < 4.78 is 5.99. The summed E-state index contributed by atoms with van der Waals surface area (Å²) in [5, 5.41) is 21.1. The Kier molecular flexibility index (Phi) is 5.05. The van der Waals surface area contributed by atoms with Crippen molar-refractivity contribution >= 4 is 5.91 Å². The van der Waals surface area contributed by atoms with Crippen molar-refractivity contribution in [3.8, 4) is 0 Å². The van der Waals surface area contributed by atoms with Crippen LogP contribution >= 0.6 is 0 Å². The Hall–Kier alpha value is -0.690. The molecule has 0 aromatic carbocycles. The molecular weight excluding hydrogens is 332 g/mol. The van der Waals surface area contributed by atoms with Crippen LogP contribution in [0.15, 0.2) is 0 Å². The molecule has 1 spiro atoms. The summed E-state index contributed by atoms with van der Waals surface area (Å²) >= 11 is 0. The minimum atomic E-state index is -1.05. The standard InChI is InChI=1S/C20H34N2O4/c1-19(25)9-14-26-20(18(19)24)7-12-21(13-8-20)16-5-10-22(11-6-16)17(23)15-3-2-4-15/h15-16,18,24-25H,2-14H2,1H3/t18-,19+/m0/s1. The van der Waals surface area contributed by atoms with Gasteiger partial charge in [0.05, 0.1) is 17.8 Å². The molecule has 0 aromatic rings. The lowest BCUT2D eigenvalue weighted by atomic mass is 9.74. The number of nitrogens with zero attached hydrogens (tertiary/aromatic N) is 2. The first-order valence-electron chi connectivity index (χ1n) is 10.5. The summed E-state index contributed by atoms with van der Waals surface area (Å²) in [6, 6.07) is 0.527. The molecule has 4 aliphatic rings. The number of amides is 1. The SMILES string of the molecule is C[C@@]1(O)CCOC2(CCN(C3CCN(C(=O)C4CCC4)CC3)CC2)[C@H]1O. The minimum absolute atomic E-state index is 0.305. The minimum Gasteiger partial charge on any atom is -0.387 e. The van der Waals surface area contributed by atoms with Crippen molar-refractivity contribution in [1.29, 1.82) is 0 Å². The van der Waals surface area contributed by atoms with Crippen molar-refractivity contribution in [2.75, 3.05) is 32.8 Å². The van der Waals surface area contributed by atoms with Crippen LogP contribution in [0.5, 0.6) is 0 Å². The number of piperidine rings is 2. The van der Waals surface area contributed by atoms with E-state index in [1.807, 2.05) is 0 Å². The third kappa shape index (κ3) is 3.30. The Morgan fingerprint density at radius 2 is 1.69 bits per heavy atom. The lowest BCUT2D eigenvalue weighted by Gasteiger charge is -2.53. The normalized spacial score (nSPS) is 36.9. The summed E-state index contributed by atoms with van der Waals surface area (Å²) in [7, 11) is 0. The van der Waals surface area contributed by atoms with E-state index in [-0.39, 0.29) is 0 Å². The number of rotatable bonds is 2. The van der Waals surface area contributed by atoms with Crippen LogP contribution in [0.25, 0.3) is 0 Å². The molecule has 1 amide bonds. The fourth-order valence-corrected chi connectivity index (χ4v) is 5.29. The third-order valence-electron chi connectivity index (χ3n) is 7.48. The smallest absolute Gasteiger partial charge is 0.225 e. The Labute approximate surface area is 156 Å². The van der Waals surface area contributed by atoms with Gasteiger partial charge in [0.2, 0.25) is 5.91 Å². The second kappa shape index (κ2) is 7.04. The molecule has 0 unspecified atom stereocenters. The first-order chi connectivity index (χ1) is 12.4. The van der Waals surface area contributed by atoms with Gasteiger partial charge >= 0.3 is 0 Å². The first-order valence-corrected chi connectivity index (χ1v) is 10.5. The van der Waals surface area contributed by atoms with Crippen molar-refractivity contribution in [2.24, 2.45) is 5.92 Å². The molecule has 0 radical (unpaired) electrons. The van der Waals surface area contributed by atoms with Crippen molar-refractivity contribution in [3.63, 3.8) is 0 Å². The number of hydrogen-bond donors (Lipinski definition) is 2. The zero-order chi connectivity index (χ0) is 18.4. The highest BCUT2D eigenvalue weighted by Gasteiger charge is 2.53. The van der Waals surface area contributed by atoms with E-state index in [1.165, 1.54) is 6.42 Å². The van der Waals surface area contributed by atoms with E-state index in [2.05, 4.69) is 9.80 Å². The topological polar surface area (TPSA) is 73.2 Å². The maximum absolute atomic E-state index is 12.4. The summed E-state index contributed by atoms with van der Waals surface area (Å²) in [5.41, 5.74) is -1.63. The van der Waals surface area contributed by atoms with Gasteiger partial charge in [0.1, 0.15) is 6.10 Å². The third-order valence-corrected chi connectivity index (χ3v) is 7.48. The van der Waals surface area contributed by atoms with Gasteiger partial charge in [0, 0.05) is 44.6 Å². The predicted octanol–water partition coefficient (Wildman–Crippen LogP) is 1.14. The van der Waals surface area contributed by atoms with Crippen LogP contribution < -0.4 is 0 Å². The second-order valence-corrected chi connectivity index (χ2v) is 9.14. The van der Waals surface area contributed by atoms with E-state index >= 15 is 0 Å². The molecule has 4 fully saturated rings. The summed E-state index contributed by atoms with van der Waals surface area (Å²) in [6.45, 7) is 5.81. The highest BCUT2D eigenvalue weighted by molar-refractivity contribution is 5.79. The van der Waals surface area contributed by atoms with Gasteiger partial charge in [-0.15, -0.1) is 0 Å². The van der Waals surface area contributed by atoms with E-state index in [1.54, 1.807) is 6.92 Å². The van der Waals surface area contributed by atoms with E-state index in [0.717, 1.165) is 64.7 Å². The monoisotopic (exact) mass is 366 g/mol. The average molecular weight is 367 g/mol. The van der Waals surface area contributed by atoms with Gasteiger partial charge in [-0.1, -0.05) is 6.42 Å². The van der Waals surface area contributed by atoms with Crippen LogP contribution in [-0.4, -0.2) is 82.1 Å². The molecule has 4 rings (SSSR count). The molecule has 3 aliphatic heterocycles. The van der Waals surface area contributed by atoms with Gasteiger partial charge in [-0.25, -0.2) is 0 Å². The zero-order valence-electron chi connectivity index (χ0n) is 16.0. The van der Waals surface area contributed by atoms with Gasteiger partial charge in [0.25, 0.3) is 0 Å². The van der Waals surface area contributed by atoms with Crippen LogP contribution in [0.4, 0.5) is 0 Å². The fourth-order valence-electron chi connectivity index (χ4n) is 5.29. The average Bonchev–Trinajstić information content (AvgIpc) is 2.59. The summed E-state index contributed by atoms with van der Waals surface area (Å²) in [5.74, 6) is 0.687. The van der Waals surface area contributed by atoms with Gasteiger partial charge in [-0.3, -0.25) is 4.79 Å². The van der Waals surface area contributed by atoms with Gasteiger partial charge in [-0.2, -0.15) is 0 Å². The highest BCUT2D eigenvalue weighted by Crippen LogP contribution is 2.40. The molecule has 2 N–H and O–H groups in total. The van der Waals surface area contributed by atoms with Crippen LogP contribution in [-0.2, 0) is 9.53 Å². The fraction of sp³-hybridized carbons (Fsp3) is 0.950. The summed E-state index contributed by atoms with van der Waals surface area (Å²) in [4.78, 5) is 17.0. The Morgan fingerprint density at radius 3 is 2.27 bits per heavy atom. The van der Waals surface area contributed by atoms with Crippen LogP contribution in [0.1, 0.15) is 58.3 Å². The largest absolute Gasteiger partial charge is 0.387 e. The number of ether oxygens (including phenoxy) is 1. The molecule has 26 heavy (non-hydrogen) atoms. The van der Waals surface area contributed by atoms with Crippen molar-refractivity contribution < 1.29 is 19.7 Å². The molecule has 3 heterocycles. The number of aliphatic hydroxyl groups is 2. The molecule has 1 saturated carbocycles. The first kappa shape index (κ1) is 18.7. The van der Waals surface area contributed by atoms with Gasteiger partial charge in [-0.05, 0) is 45.4 Å². The lowest BCUT2D eigenvalue weighted by molar-refractivity contribution is -0.247. The van der Waals surface area contributed by atoms with Crippen LogP contribution in [0, 0.1) is 5.92 Å². The number of likely N-dealkylation sites (tertiary alicyclic amines) is 2. The molecule has 0 aromatic heterocycles. The quantitative estimate of drug-likeness (QED) is 0.767. The Morgan fingerprint density at radius 1 is 1.04 bits per heavy atom. The van der Waals surface area contributed by atoms with Crippen LogP contribution in [0.3, 0.4) is 0 Å². The maximum Gasteiger partial charge on any atom is 0.225 e. The molecule has 6 nitrogen and oxygen atoms in total. The van der Waals surface area contributed by atoms with E-state index in [0.29, 0.717) is 30.9 Å².